The van der Waals surface area contributed by atoms with Gasteiger partial charge in [-0.2, -0.15) is 0 Å². The molecule has 2 aromatic rings. The number of amides is 1. The molecule has 0 spiro atoms. The van der Waals surface area contributed by atoms with Crippen molar-refractivity contribution in [3.8, 4) is 0 Å². The molecule has 1 aliphatic heterocycles. The topological polar surface area (TPSA) is 65.5 Å². The third kappa shape index (κ3) is 3.77. The molecule has 1 saturated heterocycles. The van der Waals surface area contributed by atoms with Gasteiger partial charge in [-0.05, 0) is 18.2 Å². The van der Waals surface area contributed by atoms with Gasteiger partial charge in [0.1, 0.15) is 5.82 Å². The smallest absolute Gasteiger partial charge is 0.251 e. The highest BCUT2D eigenvalue weighted by Crippen LogP contribution is 2.20. The van der Waals surface area contributed by atoms with Gasteiger partial charge in [0.2, 0.25) is 0 Å². The number of aliphatic hydroxyl groups is 1. The molecule has 126 valence electrons. The summed E-state index contributed by atoms with van der Waals surface area (Å²) >= 11 is 0. The number of aromatic nitrogens is 1. The molecule has 5 nitrogen and oxygen atoms in total. The number of nitrogens with zero attached hydrogens (tertiary/aromatic N) is 2. The van der Waals surface area contributed by atoms with Gasteiger partial charge in [0.25, 0.3) is 5.91 Å². The fourth-order valence-corrected chi connectivity index (χ4v) is 3.05. The van der Waals surface area contributed by atoms with Gasteiger partial charge in [-0.3, -0.25) is 14.7 Å². The van der Waals surface area contributed by atoms with Crippen LogP contribution < -0.4 is 5.32 Å². The van der Waals surface area contributed by atoms with E-state index in [4.69, 9.17) is 0 Å². The predicted octanol–water partition coefficient (Wildman–Crippen LogP) is 1.44. The summed E-state index contributed by atoms with van der Waals surface area (Å²) in [5.41, 5.74) is 1.16. The fraction of sp³-hybridized carbons (Fsp3) is 0.333. The molecule has 2 unspecified atom stereocenters. The lowest BCUT2D eigenvalue weighted by Crippen LogP contribution is -2.41. The van der Waals surface area contributed by atoms with Gasteiger partial charge >= 0.3 is 0 Å². The summed E-state index contributed by atoms with van der Waals surface area (Å²) in [5, 5.41) is 12.6. The van der Waals surface area contributed by atoms with E-state index in [1.54, 1.807) is 24.4 Å². The Labute approximate surface area is 140 Å². The van der Waals surface area contributed by atoms with Gasteiger partial charge < -0.3 is 10.4 Å². The number of carbonyl (C=O) groups excluding carboxylic acids is 1. The molecule has 1 fully saturated rings. The van der Waals surface area contributed by atoms with Crippen LogP contribution in [0.5, 0.6) is 0 Å². The van der Waals surface area contributed by atoms with Crippen molar-refractivity contribution in [3.05, 3.63) is 65.7 Å². The summed E-state index contributed by atoms with van der Waals surface area (Å²) in [6.45, 7) is 1.60. The van der Waals surface area contributed by atoms with E-state index < -0.39 is 0 Å². The monoisotopic (exact) mass is 329 g/mol. The van der Waals surface area contributed by atoms with Crippen LogP contribution in [-0.4, -0.2) is 46.6 Å². The van der Waals surface area contributed by atoms with E-state index in [0.29, 0.717) is 30.8 Å². The standard InChI is InChI=1S/C18H20FN3O2/c19-16-8-20-7-6-14(16)9-22-10-15(12-23)17(11-22)21-18(24)13-4-2-1-3-5-13/h1-8,15,17,23H,9-12H2,(H,21,24). The molecule has 0 bridgehead atoms. The van der Waals surface area contributed by atoms with E-state index in [9.17, 15) is 14.3 Å². The normalized spacial score (nSPS) is 20.9. The number of likely N-dealkylation sites (tertiary alicyclic amines) is 1. The maximum absolute atomic E-state index is 13.7. The van der Waals surface area contributed by atoms with Crippen molar-refractivity contribution < 1.29 is 14.3 Å². The van der Waals surface area contributed by atoms with Gasteiger partial charge in [0, 0.05) is 55.5 Å². The zero-order chi connectivity index (χ0) is 16.9. The Balaban J connectivity index is 1.64. The zero-order valence-corrected chi connectivity index (χ0v) is 13.2. The molecule has 1 amide bonds. The summed E-state index contributed by atoms with van der Waals surface area (Å²) in [5.74, 6) is -0.562. The van der Waals surface area contributed by atoms with Crippen LogP contribution in [0, 0.1) is 11.7 Å². The average Bonchev–Trinajstić information content (AvgIpc) is 2.99. The van der Waals surface area contributed by atoms with Crippen LogP contribution in [-0.2, 0) is 6.54 Å². The van der Waals surface area contributed by atoms with Crippen molar-refractivity contribution in [2.75, 3.05) is 19.7 Å². The van der Waals surface area contributed by atoms with Crippen LogP contribution in [0.25, 0.3) is 0 Å². The minimum absolute atomic E-state index is 0.0188. The number of halogens is 1. The highest BCUT2D eigenvalue weighted by Gasteiger charge is 2.33. The summed E-state index contributed by atoms with van der Waals surface area (Å²) in [6, 6.07) is 10.5. The Morgan fingerprint density at radius 3 is 2.79 bits per heavy atom. The molecule has 0 radical (unpaired) electrons. The molecular formula is C18H20FN3O2. The maximum Gasteiger partial charge on any atom is 0.251 e. The number of pyridine rings is 1. The second kappa shape index (κ2) is 7.51. The SMILES string of the molecule is O=C(NC1CN(Cc2ccncc2F)CC1CO)c1ccccc1. The van der Waals surface area contributed by atoms with E-state index in [1.807, 2.05) is 23.1 Å². The second-order valence-electron chi connectivity index (χ2n) is 6.05. The van der Waals surface area contributed by atoms with E-state index in [1.165, 1.54) is 6.20 Å². The van der Waals surface area contributed by atoms with E-state index >= 15 is 0 Å². The molecule has 1 aromatic heterocycles. The van der Waals surface area contributed by atoms with Crippen LogP contribution in [0.4, 0.5) is 4.39 Å². The van der Waals surface area contributed by atoms with Crippen molar-refractivity contribution in [2.24, 2.45) is 5.92 Å². The minimum Gasteiger partial charge on any atom is -0.396 e. The fourth-order valence-electron chi connectivity index (χ4n) is 3.05. The summed E-state index contributed by atoms with van der Waals surface area (Å²) in [6.07, 6.45) is 2.76. The number of carbonyl (C=O) groups is 1. The van der Waals surface area contributed by atoms with Crippen molar-refractivity contribution >= 4 is 5.91 Å². The molecule has 2 N–H and O–H groups in total. The Bertz CT molecular complexity index is 696. The van der Waals surface area contributed by atoms with Gasteiger partial charge in [0.15, 0.2) is 0 Å². The van der Waals surface area contributed by atoms with Crippen LogP contribution >= 0.6 is 0 Å². The first-order valence-corrected chi connectivity index (χ1v) is 7.95. The number of benzene rings is 1. The lowest BCUT2D eigenvalue weighted by atomic mass is 10.0. The molecule has 3 rings (SSSR count). The van der Waals surface area contributed by atoms with Crippen LogP contribution in [0.15, 0.2) is 48.8 Å². The highest BCUT2D eigenvalue weighted by molar-refractivity contribution is 5.94. The Morgan fingerprint density at radius 2 is 2.08 bits per heavy atom. The Morgan fingerprint density at radius 1 is 1.29 bits per heavy atom. The second-order valence-corrected chi connectivity index (χ2v) is 6.05. The van der Waals surface area contributed by atoms with Gasteiger partial charge in [-0.25, -0.2) is 4.39 Å². The number of hydrogen-bond donors (Lipinski definition) is 2. The number of rotatable bonds is 5. The molecule has 2 heterocycles. The Kier molecular flexibility index (Phi) is 5.17. The summed E-state index contributed by atoms with van der Waals surface area (Å²) in [4.78, 5) is 18.1. The first-order valence-electron chi connectivity index (χ1n) is 7.95. The van der Waals surface area contributed by atoms with Gasteiger partial charge in [-0.15, -0.1) is 0 Å². The van der Waals surface area contributed by atoms with Crippen LogP contribution in [0.3, 0.4) is 0 Å². The largest absolute Gasteiger partial charge is 0.396 e. The number of aliphatic hydroxyl groups excluding tert-OH is 1. The summed E-state index contributed by atoms with van der Waals surface area (Å²) < 4.78 is 13.7. The summed E-state index contributed by atoms with van der Waals surface area (Å²) in [7, 11) is 0. The minimum atomic E-state index is -0.338. The van der Waals surface area contributed by atoms with E-state index in [2.05, 4.69) is 10.3 Å². The average molecular weight is 329 g/mol. The molecule has 1 aliphatic rings. The lowest BCUT2D eigenvalue weighted by molar-refractivity contribution is 0.0921. The molecule has 0 aliphatic carbocycles. The molecule has 2 atom stereocenters. The highest BCUT2D eigenvalue weighted by atomic mass is 19.1. The van der Waals surface area contributed by atoms with Crippen LogP contribution in [0.2, 0.25) is 0 Å². The quantitative estimate of drug-likeness (QED) is 0.871. The molecule has 6 heteroatoms. The van der Waals surface area contributed by atoms with Crippen molar-refractivity contribution in [2.45, 2.75) is 12.6 Å². The molecular weight excluding hydrogens is 309 g/mol. The third-order valence-electron chi connectivity index (χ3n) is 4.35. The maximum atomic E-state index is 13.7. The van der Waals surface area contributed by atoms with Gasteiger partial charge in [0.05, 0.1) is 6.20 Å². The lowest BCUT2D eigenvalue weighted by Gasteiger charge is -2.18. The van der Waals surface area contributed by atoms with Crippen molar-refractivity contribution in [1.29, 1.82) is 0 Å². The molecule has 0 saturated carbocycles. The number of nitrogens with one attached hydrogen (secondary N) is 1. The third-order valence-corrected chi connectivity index (χ3v) is 4.35. The predicted molar refractivity (Wildman–Crippen MR) is 87.7 cm³/mol. The first kappa shape index (κ1) is 16.5. The van der Waals surface area contributed by atoms with Crippen molar-refractivity contribution in [1.82, 2.24) is 15.2 Å². The van der Waals surface area contributed by atoms with Crippen molar-refractivity contribution in [3.63, 3.8) is 0 Å². The zero-order valence-electron chi connectivity index (χ0n) is 13.2. The van der Waals surface area contributed by atoms with E-state index in [0.717, 1.165) is 0 Å². The Hall–Kier alpha value is -2.31. The van der Waals surface area contributed by atoms with Crippen LogP contribution in [0.1, 0.15) is 15.9 Å². The van der Waals surface area contributed by atoms with Gasteiger partial charge in [-0.1, -0.05) is 18.2 Å². The van der Waals surface area contributed by atoms with E-state index in [-0.39, 0.29) is 30.3 Å². The molecule has 1 aromatic carbocycles. The number of hydrogen-bond acceptors (Lipinski definition) is 4. The molecule has 24 heavy (non-hydrogen) atoms. The first-order chi connectivity index (χ1) is 11.7.